The van der Waals surface area contributed by atoms with Crippen molar-refractivity contribution in [1.29, 1.82) is 0 Å². The Kier molecular flexibility index (Phi) is 5.87. The molecule has 1 unspecified atom stereocenters. The average molecular weight is 389 g/mol. The quantitative estimate of drug-likeness (QED) is 0.769. The fraction of sp³-hybridized carbons (Fsp3) is 0.533. The first-order valence-electron chi connectivity index (χ1n) is 7.80. The van der Waals surface area contributed by atoms with Gasteiger partial charge in [-0.15, -0.1) is 0 Å². The van der Waals surface area contributed by atoms with Crippen LogP contribution < -0.4 is 5.32 Å². The number of sulfonamides is 2. The lowest BCUT2D eigenvalue weighted by molar-refractivity contribution is 0.0921. The largest absolute Gasteiger partial charge is 0.348 e. The third kappa shape index (κ3) is 4.78. The van der Waals surface area contributed by atoms with Gasteiger partial charge in [-0.1, -0.05) is 0 Å². The third-order valence-corrected chi connectivity index (χ3v) is 7.18. The molecule has 1 aromatic carbocycles. The Morgan fingerprint density at radius 3 is 2.28 bits per heavy atom. The summed E-state index contributed by atoms with van der Waals surface area (Å²) < 4.78 is 49.8. The minimum Gasteiger partial charge on any atom is -0.348 e. The van der Waals surface area contributed by atoms with Crippen LogP contribution in [0.1, 0.15) is 23.2 Å². The summed E-state index contributed by atoms with van der Waals surface area (Å²) in [6.45, 7) is 0.708. The van der Waals surface area contributed by atoms with Crippen molar-refractivity contribution in [2.45, 2.75) is 23.8 Å². The minimum atomic E-state index is -3.54. The molecule has 140 valence electrons. The Hall–Kier alpha value is -1.49. The molecule has 8 nitrogen and oxygen atoms in total. The highest BCUT2D eigenvalue weighted by molar-refractivity contribution is 7.89. The fourth-order valence-corrected chi connectivity index (χ4v) is 4.43. The van der Waals surface area contributed by atoms with E-state index >= 15 is 0 Å². The van der Waals surface area contributed by atoms with Crippen LogP contribution in [0.15, 0.2) is 29.2 Å². The molecular weight excluding hydrogens is 366 g/mol. The molecule has 1 fully saturated rings. The summed E-state index contributed by atoms with van der Waals surface area (Å²) in [5.74, 6) is -0.353. The van der Waals surface area contributed by atoms with Crippen LogP contribution in [0.4, 0.5) is 0 Å². The van der Waals surface area contributed by atoms with Gasteiger partial charge < -0.3 is 5.32 Å². The highest BCUT2D eigenvalue weighted by Gasteiger charge is 2.27. The maximum absolute atomic E-state index is 12.3. The van der Waals surface area contributed by atoms with Crippen LogP contribution in [0.5, 0.6) is 0 Å². The lowest BCUT2D eigenvalue weighted by Gasteiger charge is -2.31. The average Bonchev–Trinajstić information content (AvgIpc) is 2.54. The number of amides is 1. The lowest BCUT2D eigenvalue weighted by Crippen LogP contribution is -2.49. The van der Waals surface area contributed by atoms with E-state index in [-0.39, 0.29) is 23.4 Å². The van der Waals surface area contributed by atoms with E-state index in [0.717, 1.165) is 10.6 Å². The molecule has 0 bridgehead atoms. The number of nitrogens with zero attached hydrogens (tertiary/aromatic N) is 2. The number of carbonyl (C=O) groups excluding carboxylic acids is 1. The van der Waals surface area contributed by atoms with E-state index < -0.39 is 20.0 Å². The zero-order chi connectivity index (χ0) is 18.8. The first-order valence-corrected chi connectivity index (χ1v) is 11.1. The van der Waals surface area contributed by atoms with Crippen molar-refractivity contribution in [3.8, 4) is 0 Å². The number of hydrogen-bond acceptors (Lipinski definition) is 5. The van der Waals surface area contributed by atoms with Gasteiger partial charge >= 0.3 is 0 Å². The summed E-state index contributed by atoms with van der Waals surface area (Å²) in [7, 11) is -3.95. The zero-order valence-electron chi connectivity index (χ0n) is 14.5. The van der Waals surface area contributed by atoms with E-state index in [1.165, 1.54) is 42.7 Å². The minimum absolute atomic E-state index is 0.106. The molecule has 0 aromatic heterocycles. The number of rotatable bonds is 5. The summed E-state index contributed by atoms with van der Waals surface area (Å²) in [6.07, 6.45) is 2.53. The Morgan fingerprint density at radius 2 is 1.76 bits per heavy atom. The molecule has 2 rings (SSSR count). The predicted octanol–water partition coefficient (Wildman–Crippen LogP) is 0.0907. The van der Waals surface area contributed by atoms with Gasteiger partial charge in [-0.3, -0.25) is 4.79 Å². The highest BCUT2D eigenvalue weighted by atomic mass is 32.2. The van der Waals surface area contributed by atoms with Crippen molar-refractivity contribution in [2.75, 3.05) is 33.4 Å². The van der Waals surface area contributed by atoms with Crippen LogP contribution in [0.25, 0.3) is 0 Å². The lowest BCUT2D eigenvalue weighted by atomic mass is 10.1. The van der Waals surface area contributed by atoms with Crippen LogP contribution >= 0.6 is 0 Å². The molecule has 1 aliphatic rings. The zero-order valence-corrected chi connectivity index (χ0v) is 16.1. The maximum atomic E-state index is 12.3. The van der Waals surface area contributed by atoms with Crippen molar-refractivity contribution in [2.24, 2.45) is 0 Å². The predicted molar refractivity (Wildman–Crippen MR) is 94.2 cm³/mol. The molecule has 1 N–H and O–H groups in total. The van der Waals surface area contributed by atoms with Gasteiger partial charge in [0.2, 0.25) is 20.0 Å². The Bertz CT molecular complexity index is 832. The van der Waals surface area contributed by atoms with E-state index in [1.54, 1.807) is 0 Å². The van der Waals surface area contributed by atoms with Gasteiger partial charge in [0.25, 0.3) is 5.91 Å². The molecule has 10 heteroatoms. The van der Waals surface area contributed by atoms with Gasteiger partial charge in [0.05, 0.1) is 11.2 Å². The van der Waals surface area contributed by atoms with Crippen molar-refractivity contribution in [1.82, 2.24) is 13.9 Å². The van der Waals surface area contributed by atoms with Crippen LogP contribution in [-0.4, -0.2) is 70.8 Å². The number of hydrogen-bond donors (Lipinski definition) is 1. The summed E-state index contributed by atoms with van der Waals surface area (Å²) in [6, 6.07) is 5.40. The Labute approximate surface area is 148 Å². The Morgan fingerprint density at radius 1 is 1.16 bits per heavy atom. The monoisotopic (exact) mass is 389 g/mol. The second-order valence-corrected chi connectivity index (χ2v) is 10.4. The number of benzene rings is 1. The molecule has 1 saturated heterocycles. The Balaban J connectivity index is 2.06. The normalized spacial score (nSPS) is 19.8. The second-order valence-electron chi connectivity index (χ2n) is 6.25. The van der Waals surface area contributed by atoms with Crippen molar-refractivity contribution < 1.29 is 21.6 Å². The van der Waals surface area contributed by atoms with Crippen LogP contribution in [0.2, 0.25) is 0 Å². The molecule has 0 saturated carbocycles. The fourth-order valence-electron chi connectivity index (χ4n) is 2.62. The van der Waals surface area contributed by atoms with E-state index in [2.05, 4.69) is 5.32 Å². The summed E-state index contributed by atoms with van der Waals surface area (Å²) in [5, 5.41) is 2.81. The molecule has 1 atom stereocenters. The molecule has 0 radical (unpaired) electrons. The summed E-state index contributed by atoms with van der Waals surface area (Å²) in [5.41, 5.74) is 0.328. The van der Waals surface area contributed by atoms with Crippen LogP contribution in [0, 0.1) is 0 Å². The van der Waals surface area contributed by atoms with Gasteiger partial charge in [0.15, 0.2) is 0 Å². The van der Waals surface area contributed by atoms with Gasteiger partial charge in [-0.05, 0) is 37.1 Å². The van der Waals surface area contributed by atoms with Crippen molar-refractivity contribution in [3.05, 3.63) is 29.8 Å². The molecular formula is C15H23N3O5S2. The van der Waals surface area contributed by atoms with E-state index in [1.807, 2.05) is 0 Å². The number of carbonyl (C=O) groups is 1. The standard InChI is InChI=1S/C15H23N3O5S2/c1-17(2)25(22,23)14-8-6-12(7-9-14)15(19)16-13-5-4-10-18(11-13)24(3,20)21/h6-9,13H,4-5,10-11H2,1-3H3,(H,16,19). The van der Waals surface area contributed by atoms with Crippen molar-refractivity contribution >= 4 is 26.0 Å². The molecule has 1 heterocycles. The van der Waals surface area contributed by atoms with Gasteiger partial charge in [0, 0.05) is 38.8 Å². The SMILES string of the molecule is CN(C)S(=O)(=O)c1ccc(C(=O)NC2CCCN(S(C)(=O)=O)C2)cc1. The topological polar surface area (TPSA) is 104 Å². The molecule has 0 aliphatic carbocycles. The number of piperidine rings is 1. The summed E-state index contributed by atoms with van der Waals surface area (Å²) >= 11 is 0. The van der Waals surface area contributed by atoms with E-state index in [0.29, 0.717) is 24.9 Å². The van der Waals surface area contributed by atoms with Gasteiger partial charge in [-0.2, -0.15) is 0 Å². The number of nitrogens with one attached hydrogen (secondary N) is 1. The summed E-state index contributed by atoms with van der Waals surface area (Å²) in [4.78, 5) is 12.4. The second kappa shape index (κ2) is 7.40. The molecule has 0 spiro atoms. The van der Waals surface area contributed by atoms with Crippen molar-refractivity contribution in [3.63, 3.8) is 0 Å². The molecule has 1 aliphatic heterocycles. The van der Waals surface area contributed by atoms with Crippen LogP contribution in [-0.2, 0) is 20.0 Å². The smallest absolute Gasteiger partial charge is 0.251 e. The maximum Gasteiger partial charge on any atom is 0.251 e. The van der Waals surface area contributed by atoms with E-state index in [4.69, 9.17) is 0 Å². The highest BCUT2D eigenvalue weighted by Crippen LogP contribution is 2.16. The van der Waals surface area contributed by atoms with Gasteiger partial charge in [0.1, 0.15) is 0 Å². The first-order chi connectivity index (χ1) is 11.5. The molecule has 25 heavy (non-hydrogen) atoms. The molecule has 1 amide bonds. The van der Waals surface area contributed by atoms with Gasteiger partial charge in [-0.25, -0.2) is 25.4 Å². The first kappa shape index (κ1) is 19.8. The van der Waals surface area contributed by atoms with E-state index in [9.17, 15) is 21.6 Å². The third-order valence-electron chi connectivity index (χ3n) is 4.08. The van der Waals surface area contributed by atoms with Crippen LogP contribution in [0.3, 0.4) is 0 Å². The molecule has 1 aromatic rings.